The number of halogens is 1. The summed E-state index contributed by atoms with van der Waals surface area (Å²) in [6.45, 7) is -0.192. The van der Waals surface area contributed by atoms with E-state index in [-0.39, 0.29) is 23.7 Å². The van der Waals surface area contributed by atoms with E-state index in [0.29, 0.717) is 15.3 Å². The van der Waals surface area contributed by atoms with Gasteiger partial charge in [-0.2, -0.15) is 0 Å². The maximum absolute atomic E-state index is 14.2. The SMILES string of the molecule is C#CCO/N=C(\C(=O)NC1C(=O)N2C(C(=O)OC(c3ccccc3)c3ccccc3)=C(CI)CS[C@H]12)c1csc(NC(c2ccccc2)(c2ccccc2)c2ccccc2)n1. The van der Waals surface area contributed by atoms with Crippen LogP contribution in [0.5, 0.6) is 0 Å². The molecule has 0 bridgehead atoms. The van der Waals surface area contributed by atoms with Gasteiger partial charge in [-0.15, -0.1) is 29.5 Å². The summed E-state index contributed by atoms with van der Waals surface area (Å²) in [5.41, 5.74) is 4.68. The van der Waals surface area contributed by atoms with Gasteiger partial charge in [0.1, 0.15) is 28.3 Å². The van der Waals surface area contributed by atoms with Gasteiger partial charge in [-0.05, 0) is 33.4 Å². The second-order valence-corrected chi connectivity index (χ2v) is 16.7. The fourth-order valence-corrected chi connectivity index (χ4v) is 10.5. The largest absolute Gasteiger partial charge is 0.448 e. The molecule has 304 valence electrons. The van der Waals surface area contributed by atoms with Crippen molar-refractivity contribution in [1.82, 2.24) is 15.2 Å². The normalized spacial score (nSPS) is 16.2. The molecule has 2 aliphatic heterocycles. The third-order valence-electron chi connectivity index (χ3n) is 10.3. The van der Waals surface area contributed by atoms with Crippen molar-refractivity contribution in [1.29, 1.82) is 0 Å². The van der Waals surface area contributed by atoms with Gasteiger partial charge >= 0.3 is 5.97 Å². The Morgan fingerprint density at radius 2 is 1.38 bits per heavy atom. The van der Waals surface area contributed by atoms with E-state index in [0.717, 1.165) is 33.4 Å². The molecule has 0 radical (unpaired) electrons. The first-order valence-electron chi connectivity index (χ1n) is 19.3. The molecule has 0 saturated carbocycles. The third kappa shape index (κ3) is 8.56. The molecule has 6 aromatic rings. The number of rotatable bonds is 15. The van der Waals surface area contributed by atoms with Crippen LogP contribution in [0.15, 0.2) is 173 Å². The number of alkyl halides is 1. The number of aromatic nitrogens is 1. The molecule has 2 amide bonds. The minimum Gasteiger partial charge on any atom is -0.448 e. The number of carbonyl (C=O) groups is 3. The van der Waals surface area contributed by atoms with Crippen molar-refractivity contribution in [2.24, 2.45) is 5.16 Å². The van der Waals surface area contributed by atoms with Crippen LogP contribution >= 0.6 is 45.7 Å². The molecule has 5 aromatic carbocycles. The maximum Gasteiger partial charge on any atom is 0.356 e. The fraction of sp³-hybridized carbons (Fsp3) is 0.146. The Bertz CT molecular complexity index is 2470. The maximum atomic E-state index is 14.2. The Hall–Kier alpha value is -6.21. The first-order valence-corrected chi connectivity index (χ1v) is 22.8. The van der Waals surface area contributed by atoms with Crippen LogP contribution in [0.2, 0.25) is 0 Å². The quantitative estimate of drug-likeness (QED) is 0.0121. The van der Waals surface area contributed by atoms with Crippen molar-refractivity contribution in [2.45, 2.75) is 23.1 Å². The Morgan fingerprint density at radius 3 is 1.89 bits per heavy atom. The number of nitrogens with one attached hydrogen (secondary N) is 2. The van der Waals surface area contributed by atoms with E-state index >= 15 is 0 Å². The van der Waals surface area contributed by atoms with Crippen LogP contribution in [0.1, 0.15) is 39.6 Å². The Morgan fingerprint density at radius 1 is 0.852 bits per heavy atom. The van der Waals surface area contributed by atoms with Crippen molar-refractivity contribution in [2.75, 3.05) is 22.1 Å². The number of anilines is 1. The molecule has 2 N–H and O–H groups in total. The number of thiazole rings is 1. The first-order chi connectivity index (χ1) is 29.9. The van der Waals surface area contributed by atoms with Gasteiger partial charge < -0.3 is 20.2 Å². The average molecular weight is 956 g/mol. The van der Waals surface area contributed by atoms with Gasteiger partial charge in [-0.25, -0.2) is 9.78 Å². The average Bonchev–Trinajstić information content (AvgIpc) is 3.79. The zero-order chi connectivity index (χ0) is 42.2. The standard InChI is InChI=1S/C48H38IN5O5S2/c1-2-28-58-53-39(38-31-61-47(50-38)52-48(35-22-12-5-13-23-35,36-24-14-6-15-25-36)37-26-16-7-17-27-37)43(55)51-40-44(56)54-41(34(29-49)30-60-45(40)54)46(57)59-42(32-18-8-3-9-19-32)33-20-10-4-11-21-33/h1,3-27,31,40,42,45H,28-30H2,(H,50,52)(H,51,55)/b53-39-/t40?,45-/m1/s1. The molecule has 1 aromatic heterocycles. The number of hydrogen-bond donors (Lipinski definition) is 2. The van der Waals surface area contributed by atoms with Crippen molar-refractivity contribution in [3.8, 4) is 12.3 Å². The Labute approximate surface area is 375 Å². The highest BCUT2D eigenvalue weighted by molar-refractivity contribution is 14.1. The molecule has 2 atom stereocenters. The minimum absolute atomic E-state index is 0.159. The third-order valence-corrected chi connectivity index (χ3v) is 13.3. The number of hydrogen-bond acceptors (Lipinski definition) is 10. The van der Waals surface area contributed by atoms with Gasteiger partial charge in [-0.1, -0.05) is 185 Å². The molecule has 2 aliphatic rings. The molecule has 1 saturated heterocycles. The number of amides is 2. The number of β-lactam (4-membered cyclic amide) rings is 1. The molecular formula is C48H38IN5O5S2. The van der Waals surface area contributed by atoms with Gasteiger partial charge in [0.05, 0.1) is 0 Å². The van der Waals surface area contributed by atoms with E-state index in [1.807, 2.05) is 115 Å². The summed E-state index contributed by atoms with van der Waals surface area (Å²) >= 11 is 4.95. The predicted octanol–water partition coefficient (Wildman–Crippen LogP) is 8.32. The molecule has 10 nitrogen and oxygen atoms in total. The molecule has 1 unspecified atom stereocenters. The summed E-state index contributed by atoms with van der Waals surface area (Å²) in [6.07, 6.45) is 4.77. The number of thioether (sulfide) groups is 1. The summed E-state index contributed by atoms with van der Waals surface area (Å²) in [7, 11) is 0. The topological polar surface area (TPSA) is 122 Å². The number of oxime groups is 1. The summed E-state index contributed by atoms with van der Waals surface area (Å²) in [5, 5.41) is 12.4. The number of esters is 1. The van der Waals surface area contributed by atoms with Crippen LogP contribution in [0.3, 0.4) is 0 Å². The summed E-state index contributed by atoms with van der Waals surface area (Å²) in [5.74, 6) is 1.09. The van der Waals surface area contributed by atoms with E-state index in [1.54, 1.807) is 5.38 Å². The number of terminal acetylenes is 1. The molecular weight excluding hydrogens is 918 g/mol. The molecule has 0 aliphatic carbocycles. The van der Waals surface area contributed by atoms with Crippen molar-refractivity contribution < 1.29 is 24.0 Å². The van der Waals surface area contributed by atoms with E-state index in [2.05, 4.69) is 80.7 Å². The first kappa shape index (κ1) is 41.5. The monoisotopic (exact) mass is 955 g/mol. The number of ether oxygens (including phenoxy) is 1. The van der Waals surface area contributed by atoms with Crippen LogP contribution in [0.25, 0.3) is 0 Å². The molecule has 8 rings (SSSR count). The fourth-order valence-electron chi connectivity index (χ4n) is 7.45. The van der Waals surface area contributed by atoms with E-state index in [1.165, 1.54) is 28.0 Å². The van der Waals surface area contributed by atoms with Crippen molar-refractivity contribution >= 4 is 74.3 Å². The molecule has 0 spiro atoms. The van der Waals surface area contributed by atoms with Crippen LogP contribution in [0.4, 0.5) is 5.13 Å². The minimum atomic E-state index is -0.967. The molecule has 1 fully saturated rings. The van der Waals surface area contributed by atoms with Crippen molar-refractivity contribution in [3.63, 3.8) is 0 Å². The van der Waals surface area contributed by atoms with E-state index in [4.69, 9.17) is 21.0 Å². The van der Waals surface area contributed by atoms with Crippen LogP contribution in [-0.4, -0.2) is 61.6 Å². The zero-order valence-electron chi connectivity index (χ0n) is 32.5. The number of carbonyl (C=O) groups excluding carboxylic acids is 3. The zero-order valence-corrected chi connectivity index (χ0v) is 36.3. The van der Waals surface area contributed by atoms with Gasteiger partial charge in [0.2, 0.25) is 0 Å². The van der Waals surface area contributed by atoms with Crippen LogP contribution in [0, 0.1) is 12.3 Å². The lowest BCUT2D eigenvalue weighted by molar-refractivity contribution is -0.154. The summed E-state index contributed by atoms with van der Waals surface area (Å²) in [6, 6.07) is 48.2. The lowest BCUT2D eigenvalue weighted by atomic mass is 9.77. The van der Waals surface area contributed by atoms with Gasteiger partial charge in [0.25, 0.3) is 11.8 Å². The van der Waals surface area contributed by atoms with Crippen LogP contribution < -0.4 is 10.6 Å². The lowest BCUT2D eigenvalue weighted by Gasteiger charge is -2.49. The highest BCUT2D eigenvalue weighted by Gasteiger charge is 2.55. The smallest absolute Gasteiger partial charge is 0.356 e. The van der Waals surface area contributed by atoms with Gasteiger partial charge in [0, 0.05) is 15.6 Å². The molecule has 61 heavy (non-hydrogen) atoms. The second kappa shape index (κ2) is 19.0. The molecule has 13 heteroatoms. The van der Waals surface area contributed by atoms with Gasteiger partial charge in [-0.3, -0.25) is 14.5 Å². The summed E-state index contributed by atoms with van der Waals surface area (Å²) < 4.78 is 6.74. The highest BCUT2D eigenvalue weighted by Crippen LogP contribution is 2.43. The second-order valence-electron chi connectivity index (χ2n) is 14.0. The lowest BCUT2D eigenvalue weighted by Crippen LogP contribution is -2.71. The number of fused-ring (bicyclic) bond motifs is 1. The number of benzene rings is 5. The van der Waals surface area contributed by atoms with Gasteiger partial charge in [0.15, 0.2) is 23.6 Å². The van der Waals surface area contributed by atoms with Crippen LogP contribution in [-0.2, 0) is 29.5 Å². The van der Waals surface area contributed by atoms with E-state index < -0.39 is 40.8 Å². The molecule has 3 heterocycles. The Kier molecular flexibility index (Phi) is 12.9. The van der Waals surface area contributed by atoms with Crippen molar-refractivity contribution in [3.05, 3.63) is 202 Å². The summed E-state index contributed by atoms with van der Waals surface area (Å²) in [4.78, 5) is 54.1. The Balaban J connectivity index is 1.05. The predicted molar refractivity (Wildman–Crippen MR) is 248 cm³/mol. The highest BCUT2D eigenvalue weighted by atomic mass is 127. The number of nitrogens with zero attached hydrogens (tertiary/aromatic N) is 3. The van der Waals surface area contributed by atoms with E-state index in [9.17, 15) is 14.4 Å².